The largest absolute Gasteiger partial charge is 0.484 e. The van der Waals surface area contributed by atoms with Crippen molar-refractivity contribution in [1.29, 1.82) is 0 Å². The molecule has 1 atom stereocenters. The third-order valence-corrected chi connectivity index (χ3v) is 5.08. The number of nitrogens with zero attached hydrogens (tertiary/aromatic N) is 1. The second-order valence-electron chi connectivity index (χ2n) is 6.74. The van der Waals surface area contributed by atoms with Crippen LogP contribution in [0.3, 0.4) is 0 Å². The van der Waals surface area contributed by atoms with E-state index >= 15 is 0 Å². The van der Waals surface area contributed by atoms with E-state index in [1.54, 1.807) is 29.2 Å². The molecule has 0 saturated carbocycles. The fourth-order valence-corrected chi connectivity index (χ4v) is 3.71. The normalized spacial score (nSPS) is 21.3. The Morgan fingerprint density at radius 3 is 2.41 bits per heavy atom. The predicted molar refractivity (Wildman–Crippen MR) is 97.7 cm³/mol. The van der Waals surface area contributed by atoms with Crippen LogP contribution >= 0.6 is 0 Å². The molecule has 1 spiro atoms. The van der Waals surface area contributed by atoms with Gasteiger partial charge in [-0.25, -0.2) is 4.79 Å². The molecule has 6 heteroatoms. The summed E-state index contributed by atoms with van der Waals surface area (Å²) in [6.07, 6.45) is 2.05. The lowest BCUT2D eigenvalue weighted by Crippen LogP contribution is -2.52. The predicted octanol–water partition coefficient (Wildman–Crippen LogP) is 3.17. The third-order valence-electron chi connectivity index (χ3n) is 5.08. The summed E-state index contributed by atoms with van der Waals surface area (Å²) < 4.78 is 16.5. The minimum Gasteiger partial charge on any atom is -0.484 e. The maximum absolute atomic E-state index is 12.6. The number of amides is 1. The van der Waals surface area contributed by atoms with E-state index in [4.69, 9.17) is 14.2 Å². The first-order valence-corrected chi connectivity index (χ1v) is 9.11. The van der Waals surface area contributed by atoms with Crippen molar-refractivity contribution in [2.24, 2.45) is 0 Å². The Bertz CT molecular complexity index is 816. The first kappa shape index (κ1) is 17.4. The second-order valence-corrected chi connectivity index (χ2v) is 6.74. The molecule has 1 amide bonds. The monoisotopic (exact) mass is 367 g/mol. The molecule has 6 nitrogen and oxygen atoms in total. The van der Waals surface area contributed by atoms with E-state index < -0.39 is 5.54 Å². The van der Waals surface area contributed by atoms with E-state index in [9.17, 15) is 9.59 Å². The summed E-state index contributed by atoms with van der Waals surface area (Å²) in [5, 5.41) is 0. The third kappa shape index (κ3) is 3.47. The van der Waals surface area contributed by atoms with E-state index in [1.165, 1.54) is 0 Å². The van der Waals surface area contributed by atoms with Gasteiger partial charge in [0, 0.05) is 13.0 Å². The Labute approximate surface area is 157 Å². The highest BCUT2D eigenvalue weighted by Gasteiger charge is 2.53. The Hall–Kier alpha value is -3.02. The summed E-state index contributed by atoms with van der Waals surface area (Å²) in [5.74, 6) is 1.55. The van der Waals surface area contributed by atoms with Gasteiger partial charge in [0.2, 0.25) is 0 Å². The minimum atomic E-state index is -0.770. The molecular formula is C21H21NO5. The minimum absolute atomic E-state index is 0.103. The highest BCUT2D eigenvalue weighted by atomic mass is 16.5. The maximum Gasteiger partial charge on any atom is 0.332 e. The number of esters is 1. The number of likely N-dealkylation sites (tertiary alicyclic amines) is 1. The number of rotatable bonds is 5. The zero-order valence-corrected chi connectivity index (χ0v) is 14.9. The maximum atomic E-state index is 12.6. The van der Waals surface area contributed by atoms with Gasteiger partial charge < -0.3 is 19.1 Å². The van der Waals surface area contributed by atoms with Crippen LogP contribution in [0.5, 0.6) is 17.2 Å². The molecule has 0 aliphatic carbocycles. The van der Waals surface area contributed by atoms with E-state index in [0.29, 0.717) is 37.5 Å². The molecule has 2 aliphatic rings. The molecule has 2 aliphatic heterocycles. The smallest absolute Gasteiger partial charge is 0.332 e. The zero-order valence-electron chi connectivity index (χ0n) is 14.9. The summed E-state index contributed by atoms with van der Waals surface area (Å²) in [6.45, 7) is 0.849. The van der Waals surface area contributed by atoms with Crippen LogP contribution in [0.1, 0.15) is 19.3 Å². The topological polar surface area (TPSA) is 65.1 Å². The van der Waals surface area contributed by atoms with Crippen LogP contribution in [0.25, 0.3) is 0 Å². The van der Waals surface area contributed by atoms with Gasteiger partial charge in [-0.1, -0.05) is 18.2 Å². The fourth-order valence-electron chi connectivity index (χ4n) is 3.71. The van der Waals surface area contributed by atoms with E-state index in [-0.39, 0.29) is 18.5 Å². The molecule has 2 saturated heterocycles. The highest BCUT2D eigenvalue weighted by Crippen LogP contribution is 2.37. The summed E-state index contributed by atoms with van der Waals surface area (Å²) >= 11 is 0. The van der Waals surface area contributed by atoms with Crippen molar-refractivity contribution < 1.29 is 23.8 Å². The van der Waals surface area contributed by atoms with E-state index in [1.807, 2.05) is 30.3 Å². The van der Waals surface area contributed by atoms with Crippen molar-refractivity contribution >= 4 is 11.9 Å². The first-order chi connectivity index (χ1) is 13.2. The van der Waals surface area contributed by atoms with Crippen molar-refractivity contribution in [2.45, 2.75) is 24.8 Å². The number of hydrogen-bond donors (Lipinski definition) is 0. The van der Waals surface area contributed by atoms with Gasteiger partial charge >= 0.3 is 5.97 Å². The quantitative estimate of drug-likeness (QED) is 0.760. The molecule has 2 fully saturated rings. The molecule has 140 valence electrons. The van der Waals surface area contributed by atoms with Gasteiger partial charge in [-0.15, -0.1) is 0 Å². The van der Waals surface area contributed by atoms with Crippen LogP contribution in [0.2, 0.25) is 0 Å². The lowest BCUT2D eigenvalue weighted by molar-refractivity contribution is -0.153. The molecule has 2 aromatic rings. The Morgan fingerprint density at radius 2 is 1.70 bits per heavy atom. The highest BCUT2D eigenvalue weighted by molar-refractivity contribution is 5.90. The van der Waals surface area contributed by atoms with Crippen LogP contribution in [-0.4, -0.2) is 42.1 Å². The molecule has 2 heterocycles. The molecule has 0 N–H and O–H groups in total. The molecule has 2 aromatic carbocycles. The van der Waals surface area contributed by atoms with Gasteiger partial charge in [0.15, 0.2) is 6.61 Å². The fraction of sp³-hybridized carbons (Fsp3) is 0.333. The molecular weight excluding hydrogens is 346 g/mol. The van der Waals surface area contributed by atoms with Gasteiger partial charge in [0.05, 0.1) is 6.61 Å². The number of hydrogen-bond acceptors (Lipinski definition) is 5. The van der Waals surface area contributed by atoms with Crippen molar-refractivity contribution in [2.75, 3.05) is 19.8 Å². The molecule has 0 radical (unpaired) electrons. The van der Waals surface area contributed by atoms with E-state index in [2.05, 4.69) is 0 Å². The van der Waals surface area contributed by atoms with Gasteiger partial charge in [0.1, 0.15) is 22.8 Å². The van der Waals surface area contributed by atoms with Crippen molar-refractivity contribution in [3.63, 3.8) is 0 Å². The number of ether oxygens (including phenoxy) is 3. The summed E-state index contributed by atoms with van der Waals surface area (Å²) in [7, 11) is 0. The van der Waals surface area contributed by atoms with Crippen molar-refractivity contribution in [1.82, 2.24) is 4.90 Å². The molecule has 4 rings (SSSR count). The number of para-hydroxylation sites is 1. The Balaban J connectivity index is 1.34. The number of carbonyl (C=O) groups is 2. The standard InChI is InChI=1S/C21H21NO5/c23-19(22-13-4-11-21(22)12-14-25-20(21)24)15-26-16-7-9-18(10-8-16)27-17-5-2-1-3-6-17/h1-3,5-10H,4,11-15H2. The van der Waals surface area contributed by atoms with Gasteiger partial charge in [0.25, 0.3) is 5.91 Å². The number of cyclic esters (lactones) is 1. The summed E-state index contributed by atoms with van der Waals surface area (Å²) in [4.78, 5) is 26.3. The van der Waals surface area contributed by atoms with Crippen LogP contribution in [0, 0.1) is 0 Å². The van der Waals surface area contributed by atoms with Crippen LogP contribution in [-0.2, 0) is 14.3 Å². The molecule has 1 unspecified atom stereocenters. The van der Waals surface area contributed by atoms with E-state index in [0.717, 1.165) is 12.2 Å². The lowest BCUT2D eigenvalue weighted by atomic mass is 9.94. The first-order valence-electron chi connectivity index (χ1n) is 9.11. The average molecular weight is 367 g/mol. The Kier molecular flexibility index (Phi) is 4.71. The van der Waals surface area contributed by atoms with Gasteiger partial charge in [-0.05, 0) is 49.2 Å². The molecule has 0 aromatic heterocycles. The number of carbonyl (C=O) groups excluding carboxylic acids is 2. The average Bonchev–Trinajstić information content (AvgIpc) is 3.29. The van der Waals surface area contributed by atoms with Crippen LogP contribution < -0.4 is 9.47 Å². The lowest BCUT2D eigenvalue weighted by Gasteiger charge is -2.31. The van der Waals surface area contributed by atoms with Crippen LogP contribution in [0.4, 0.5) is 0 Å². The van der Waals surface area contributed by atoms with Crippen molar-refractivity contribution in [3.8, 4) is 17.2 Å². The molecule has 0 bridgehead atoms. The van der Waals surface area contributed by atoms with Gasteiger partial charge in [-0.2, -0.15) is 0 Å². The molecule has 27 heavy (non-hydrogen) atoms. The van der Waals surface area contributed by atoms with Crippen LogP contribution in [0.15, 0.2) is 54.6 Å². The number of benzene rings is 2. The second kappa shape index (κ2) is 7.31. The summed E-state index contributed by atoms with van der Waals surface area (Å²) in [6, 6.07) is 16.6. The Morgan fingerprint density at radius 1 is 1.00 bits per heavy atom. The van der Waals surface area contributed by atoms with Crippen molar-refractivity contribution in [3.05, 3.63) is 54.6 Å². The van der Waals surface area contributed by atoms with Gasteiger partial charge in [-0.3, -0.25) is 4.79 Å². The summed E-state index contributed by atoms with van der Waals surface area (Å²) in [5.41, 5.74) is -0.770. The SMILES string of the molecule is O=C(COc1ccc(Oc2ccccc2)cc1)N1CCCC12CCOC2=O. The zero-order chi connectivity index (χ0) is 18.7.